The number of carbonyl (C=O) groups excluding carboxylic acids is 1. The van der Waals surface area contributed by atoms with E-state index in [0.717, 1.165) is 25.1 Å². The fourth-order valence-corrected chi connectivity index (χ4v) is 1.95. The molecular formula is C11H18N4O. The van der Waals surface area contributed by atoms with Gasteiger partial charge in [-0.3, -0.25) is 9.48 Å². The molecule has 1 amide bonds. The van der Waals surface area contributed by atoms with Crippen LogP contribution in [0.3, 0.4) is 0 Å². The summed E-state index contributed by atoms with van der Waals surface area (Å²) in [7, 11) is 1.83. The minimum Gasteiger partial charge on any atom is -0.323 e. The van der Waals surface area contributed by atoms with E-state index >= 15 is 0 Å². The van der Waals surface area contributed by atoms with Crippen molar-refractivity contribution in [2.24, 2.45) is 13.0 Å². The number of nitrogens with one attached hydrogen (secondary N) is 2. The first-order valence-electron chi connectivity index (χ1n) is 5.68. The molecule has 2 unspecified atom stereocenters. The van der Waals surface area contributed by atoms with Gasteiger partial charge in [0.2, 0.25) is 5.91 Å². The summed E-state index contributed by atoms with van der Waals surface area (Å²) in [5.41, 5.74) is 0.770. The van der Waals surface area contributed by atoms with E-state index in [-0.39, 0.29) is 11.8 Å². The van der Waals surface area contributed by atoms with Crippen molar-refractivity contribution in [1.29, 1.82) is 0 Å². The Hall–Kier alpha value is -1.36. The highest BCUT2D eigenvalue weighted by Crippen LogP contribution is 2.16. The molecule has 5 heteroatoms. The van der Waals surface area contributed by atoms with Crippen molar-refractivity contribution in [3.05, 3.63) is 12.4 Å². The summed E-state index contributed by atoms with van der Waals surface area (Å²) in [5, 5.41) is 10.2. The van der Waals surface area contributed by atoms with Crippen LogP contribution in [0.5, 0.6) is 0 Å². The summed E-state index contributed by atoms with van der Waals surface area (Å²) in [6.07, 6.45) is 5.49. The molecule has 1 saturated heterocycles. The number of hydrogen-bond donors (Lipinski definition) is 2. The highest BCUT2D eigenvalue weighted by molar-refractivity contribution is 5.92. The van der Waals surface area contributed by atoms with Crippen molar-refractivity contribution in [3.8, 4) is 0 Å². The molecule has 1 aromatic rings. The molecule has 0 radical (unpaired) electrons. The smallest absolute Gasteiger partial charge is 0.228 e. The van der Waals surface area contributed by atoms with Gasteiger partial charge in [0.05, 0.1) is 17.8 Å². The number of aryl methyl sites for hydroxylation is 1. The summed E-state index contributed by atoms with van der Waals surface area (Å²) in [5.74, 6) is 0.170. The van der Waals surface area contributed by atoms with Crippen LogP contribution in [0.4, 0.5) is 5.69 Å². The topological polar surface area (TPSA) is 59.0 Å². The molecule has 2 heterocycles. The van der Waals surface area contributed by atoms with Crippen molar-refractivity contribution in [2.75, 3.05) is 11.9 Å². The summed E-state index contributed by atoms with van der Waals surface area (Å²) in [6.45, 7) is 2.92. The van der Waals surface area contributed by atoms with Gasteiger partial charge in [0, 0.05) is 25.8 Å². The third-order valence-electron chi connectivity index (χ3n) is 3.00. The molecule has 1 fully saturated rings. The van der Waals surface area contributed by atoms with Crippen LogP contribution in [-0.2, 0) is 11.8 Å². The zero-order valence-corrected chi connectivity index (χ0v) is 9.73. The molecule has 1 aromatic heterocycles. The Bertz CT molecular complexity index is 366. The van der Waals surface area contributed by atoms with Gasteiger partial charge in [0.1, 0.15) is 0 Å². The lowest BCUT2D eigenvalue weighted by atomic mass is 9.95. The number of anilines is 1. The summed E-state index contributed by atoms with van der Waals surface area (Å²) in [4.78, 5) is 11.9. The fraction of sp³-hybridized carbons (Fsp3) is 0.636. The first kappa shape index (κ1) is 11.1. The van der Waals surface area contributed by atoms with Gasteiger partial charge in [-0.2, -0.15) is 5.10 Å². The molecule has 16 heavy (non-hydrogen) atoms. The number of nitrogens with zero attached hydrogens (tertiary/aromatic N) is 2. The Morgan fingerprint density at radius 2 is 2.44 bits per heavy atom. The van der Waals surface area contributed by atoms with Gasteiger partial charge in [0.25, 0.3) is 0 Å². The number of carbonyl (C=O) groups is 1. The van der Waals surface area contributed by atoms with Crippen LogP contribution < -0.4 is 10.6 Å². The highest BCUT2D eigenvalue weighted by atomic mass is 16.1. The predicted molar refractivity (Wildman–Crippen MR) is 62.0 cm³/mol. The summed E-state index contributed by atoms with van der Waals surface area (Å²) >= 11 is 0. The molecule has 88 valence electrons. The van der Waals surface area contributed by atoms with Crippen molar-refractivity contribution < 1.29 is 4.79 Å². The Balaban J connectivity index is 1.88. The number of hydrogen-bond acceptors (Lipinski definition) is 3. The van der Waals surface area contributed by atoms with Gasteiger partial charge in [-0.1, -0.05) is 0 Å². The van der Waals surface area contributed by atoms with Gasteiger partial charge in [-0.25, -0.2) is 0 Å². The lowest BCUT2D eigenvalue weighted by molar-refractivity contribution is -0.120. The first-order chi connectivity index (χ1) is 7.65. The second-order valence-electron chi connectivity index (χ2n) is 4.48. The normalized spacial score (nSPS) is 25.4. The SMILES string of the molecule is CC1CCC(C(=O)Nc2cnn(C)c2)CN1. The van der Waals surface area contributed by atoms with Crippen LogP contribution in [0.1, 0.15) is 19.8 Å². The molecule has 2 atom stereocenters. The molecule has 0 saturated carbocycles. The van der Waals surface area contributed by atoms with Crippen LogP contribution in [0, 0.1) is 5.92 Å². The Morgan fingerprint density at radius 3 is 3.00 bits per heavy atom. The van der Waals surface area contributed by atoms with E-state index in [1.54, 1.807) is 17.1 Å². The van der Waals surface area contributed by atoms with E-state index in [0.29, 0.717) is 6.04 Å². The molecule has 1 aliphatic heterocycles. The fourth-order valence-electron chi connectivity index (χ4n) is 1.95. The summed E-state index contributed by atoms with van der Waals surface area (Å²) in [6, 6.07) is 0.530. The van der Waals surface area contributed by atoms with Gasteiger partial charge >= 0.3 is 0 Å². The predicted octanol–water partition coefficient (Wildman–Crippen LogP) is 0.747. The second-order valence-corrected chi connectivity index (χ2v) is 4.48. The van der Waals surface area contributed by atoms with Crippen molar-refractivity contribution in [3.63, 3.8) is 0 Å². The molecule has 0 spiro atoms. The van der Waals surface area contributed by atoms with Crippen molar-refractivity contribution >= 4 is 11.6 Å². The molecule has 2 N–H and O–H groups in total. The molecule has 0 aromatic carbocycles. The lowest BCUT2D eigenvalue weighted by Gasteiger charge is -2.26. The highest BCUT2D eigenvalue weighted by Gasteiger charge is 2.23. The lowest BCUT2D eigenvalue weighted by Crippen LogP contribution is -2.41. The molecule has 1 aliphatic rings. The summed E-state index contributed by atoms with van der Waals surface area (Å²) < 4.78 is 1.68. The largest absolute Gasteiger partial charge is 0.323 e. The van der Waals surface area contributed by atoms with Gasteiger partial charge in [-0.05, 0) is 19.8 Å². The van der Waals surface area contributed by atoms with E-state index in [9.17, 15) is 4.79 Å². The average molecular weight is 222 g/mol. The minimum atomic E-state index is 0.0800. The van der Waals surface area contributed by atoms with Crippen LogP contribution in [0.25, 0.3) is 0 Å². The Labute approximate surface area is 95.2 Å². The second kappa shape index (κ2) is 4.65. The van der Waals surface area contributed by atoms with Crippen LogP contribution in [0.2, 0.25) is 0 Å². The monoisotopic (exact) mass is 222 g/mol. The van der Waals surface area contributed by atoms with Gasteiger partial charge in [-0.15, -0.1) is 0 Å². The zero-order valence-electron chi connectivity index (χ0n) is 9.73. The number of piperidine rings is 1. The van der Waals surface area contributed by atoms with E-state index in [4.69, 9.17) is 0 Å². The van der Waals surface area contributed by atoms with E-state index in [2.05, 4.69) is 22.7 Å². The molecule has 5 nitrogen and oxygen atoms in total. The zero-order chi connectivity index (χ0) is 11.5. The Morgan fingerprint density at radius 1 is 1.62 bits per heavy atom. The third kappa shape index (κ3) is 2.61. The average Bonchev–Trinajstić information content (AvgIpc) is 2.65. The first-order valence-corrected chi connectivity index (χ1v) is 5.68. The minimum absolute atomic E-state index is 0.0800. The number of amides is 1. The van der Waals surface area contributed by atoms with Crippen LogP contribution >= 0.6 is 0 Å². The van der Waals surface area contributed by atoms with E-state index in [1.807, 2.05) is 7.05 Å². The maximum absolute atomic E-state index is 11.9. The third-order valence-corrected chi connectivity index (χ3v) is 3.00. The number of aromatic nitrogens is 2. The van der Waals surface area contributed by atoms with Crippen molar-refractivity contribution in [2.45, 2.75) is 25.8 Å². The molecular weight excluding hydrogens is 204 g/mol. The van der Waals surface area contributed by atoms with E-state index < -0.39 is 0 Å². The van der Waals surface area contributed by atoms with E-state index in [1.165, 1.54) is 0 Å². The maximum Gasteiger partial charge on any atom is 0.228 e. The van der Waals surface area contributed by atoms with Crippen LogP contribution in [0.15, 0.2) is 12.4 Å². The molecule has 0 aliphatic carbocycles. The van der Waals surface area contributed by atoms with Gasteiger partial charge in [0.15, 0.2) is 0 Å². The standard InChI is InChI=1S/C11H18N4O/c1-8-3-4-9(5-12-8)11(16)14-10-6-13-15(2)7-10/h6-9,12H,3-5H2,1-2H3,(H,14,16). The number of rotatable bonds is 2. The Kier molecular flexibility index (Phi) is 3.24. The van der Waals surface area contributed by atoms with Crippen LogP contribution in [-0.4, -0.2) is 28.3 Å². The molecule has 0 bridgehead atoms. The molecule has 2 rings (SSSR count). The quantitative estimate of drug-likeness (QED) is 0.776. The van der Waals surface area contributed by atoms with Crippen molar-refractivity contribution in [1.82, 2.24) is 15.1 Å². The van der Waals surface area contributed by atoms with Gasteiger partial charge < -0.3 is 10.6 Å². The maximum atomic E-state index is 11.9.